The van der Waals surface area contributed by atoms with Crippen LogP contribution in [0, 0.1) is 0 Å². The molecular formula is C12H17N3O. The van der Waals surface area contributed by atoms with Crippen LogP contribution in [0.1, 0.15) is 12.0 Å². The van der Waals surface area contributed by atoms with Crippen LogP contribution in [0.2, 0.25) is 0 Å². The fourth-order valence-electron chi connectivity index (χ4n) is 2.00. The van der Waals surface area contributed by atoms with Crippen molar-refractivity contribution in [3.63, 3.8) is 0 Å². The Hall–Kier alpha value is -1.55. The number of primary amides is 1. The Balaban J connectivity index is 2.09. The van der Waals surface area contributed by atoms with Crippen molar-refractivity contribution in [2.75, 3.05) is 18.4 Å². The third-order valence-electron chi connectivity index (χ3n) is 2.80. The van der Waals surface area contributed by atoms with Gasteiger partial charge in [-0.3, -0.25) is 4.79 Å². The Kier molecular flexibility index (Phi) is 3.41. The average Bonchev–Trinajstić information content (AvgIpc) is 2.73. The van der Waals surface area contributed by atoms with Crippen molar-refractivity contribution in [2.45, 2.75) is 18.9 Å². The first-order valence-corrected chi connectivity index (χ1v) is 5.59. The van der Waals surface area contributed by atoms with Crippen LogP contribution in [0.15, 0.2) is 24.3 Å². The zero-order valence-corrected chi connectivity index (χ0v) is 9.20. The van der Waals surface area contributed by atoms with Gasteiger partial charge >= 0.3 is 0 Å². The van der Waals surface area contributed by atoms with Crippen molar-refractivity contribution in [3.05, 3.63) is 29.8 Å². The van der Waals surface area contributed by atoms with Gasteiger partial charge in [0.1, 0.15) is 0 Å². The normalized spacial score (nSPS) is 19.6. The van der Waals surface area contributed by atoms with Gasteiger partial charge in [-0.25, -0.2) is 0 Å². The second-order valence-electron chi connectivity index (χ2n) is 4.13. The number of nitrogens with two attached hydrogens (primary N) is 1. The monoisotopic (exact) mass is 219 g/mol. The third-order valence-corrected chi connectivity index (χ3v) is 2.80. The summed E-state index contributed by atoms with van der Waals surface area (Å²) >= 11 is 0. The van der Waals surface area contributed by atoms with Gasteiger partial charge in [-0.05, 0) is 24.6 Å². The molecule has 1 saturated heterocycles. The fraction of sp³-hybridized carbons (Fsp3) is 0.417. The summed E-state index contributed by atoms with van der Waals surface area (Å²) < 4.78 is 0. The summed E-state index contributed by atoms with van der Waals surface area (Å²) in [5, 5.41) is 6.74. The lowest BCUT2D eigenvalue weighted by Crippen LogP contribution is -2.23. The molecule has 16 heavy (non-hydrogen) atoms. The minimum atomic E-state index is -0.293. The lowest BCUT2D eigenvalue weighted by Gasteiger charge is -2.15. The van der Waals surface area contributed by atoms with Gasteiger partial charge < -0.3 is 16.4 Å². The van der Waals surface area contributed by atoms with Gasteiger partial charge in [-0.15, -0.1) is 0 Å². The molecule has 0 aliphatic carbocycles. The van der Waals surface area contributed by atoms with Crippen molar-refractivity contribution in [2.24, 2.45) is 5.73 Å². The zero-order valence-electron chi connectivity index (χ0n) is 9.20. The van der Waals surface area contributed by atoms with Gasteiger partial charge in [0, 0.05) is 18.3 Å². The Labute approximate surface area is 95.2 Å². The van der Waals surface area contributed by atoms with Crippen LogP contribution in [0.3, 0.4) is 0 Å². The van der Waals surface area contributed by atoms with Crippen LogP contribution in [0.4, 0.5) is 5.69 Å². The van der Waals surface area contributed by atoms with Crippen LogP contribution in [0.25, 0.3) is 0 Å². The number of hydrogen-bond donors (Lipinski definition) is 3. The smallest absolute Gasteiger partial charge is 0.221 e. The van der Waals surface area contributed by atoms with E-state index in [1.807, 2.05) is 24.3 Å². The highest BCUT2D eigenvalue weighted by Gasteiger charge is 2.15. The number of hydrogen-bond acceptors (Lipinski definition) is 3. The van der Waals surface area contributed by atoms with Crippen molar-refractivity contribution in [1.29, 1.82) is 0 Å². The largest absolute Gasteiger partial charge is 0.381 e. The Bertz CT molecular complexity index is 372. The maximum absolute atomic E-state index is 10.9. The maximum Gasteiger partial charge on any atom is 0.221 e. The molecule has 4 heteroatoms. The molecule has 1 fully saturated rings. The van der Waals surface area contributed by atoms with Gasteiger partial charge in [-0.2, -0.15) is 0 Å². The van der Waals surface area contributed by atoms with Gasteiger partial charge in [-0.1, -0.05) is 18.2 Å². The highest BCUT2D eigenvalue weighted by Crippen LogP contribution is 2.18. The molecule has 1 atom stereocenters. The number of rotatable bonds is 4. The first-order chi connectivity index (χ1) is 7.75. The summed E-state index contributed by atoms with van der Waals surface area (Å²) in [6, 6.07) is 8.28. The predicted molar refractivity (Wildman–Crippen MR) is 64.2 cm³/mol. The molecule has 1 unspecified atom stereocenters. The van der Waals surface area contributed by atoms with Gasteiger partial charge in [0.25, 0.3) is 0 Å². The van der Waals surface area contributed by atoms with Crippen LogP contribution < -0.4 is 16.4 Å². The second kappa shape index (κ2) is 4.99. The van der Waals surface area contributed by atoms with Gasteiger partial charge in [0.15, 0.2) is 0 Å². The number of carbonyl (C=O) groups excluding carboxylic acids is 1. The van der Waals surface area contributed by atoms with Crippen molar-refractivity contribution in [1.82, 2.24) is 5.32 Å². The summed E-state index contributed by atoms with van der Waals surface area (Å²) in [6.45, 7) is 2.03. The number of benzene rings is 1. The van der Waals surface area contributed by atoms with Crippen LogP contribution in [0.5, 0.6) is 0 Å². The van der Waals surface area contributed by atoms with E-state index in [1.54, 1.807) is 0 Å². The average molecular weight is 219 g/mol. The summed E-state index contributed by atoms with van der Waals surface area (Å²) in [7, 11) is 0. The summed E-state index contributed by atoms with van der Waals surface area (Å²) in [6.07, 6.45) is 1.41. The Morgan fingerprint density at radius 1 is 1.50 bits per heavy atom. The quantitative estimate of drug-likeness (QED) is 0.690. The molecule has 4 nitrogen and oxygen atoms in total. The van der Waals surface area contributed by atoms with E-state index in [1.165, 1.54) is 0 Å². The molecule has 0 saturated carbocycles. The standard InChI is InChI=1S/C12H17N3O/c13-12(16)7-9-3-1-2-4-11(9)15-10-5-6-14-8-10/h1-4,10,14-15H,5-8H2,(H2,13,16). The molecule has 0 spiro atoms. The highest BCUT2D eigenvalue weighted by molar-refractivity contribution is 5.78. The summed E-state index contributed by atoms with van der Waals surface area (Å²) in [4.78, 5) is 10.9. The molecule has 1 amide bonds. The highest BCUT2D eigenvalue weighted by atomic mass is 16.1. The molecular weight excluding hydrogens is 202 g/mol. The first-order valence-electron chi connectivity index (χ1n) is 5.59. The molecule has 1 heterocycles. The SMILES string of the molecule is NC(=O)Cc1ccccc1NC1CCNC1. The van der Waals surface area contributed by atoms with Crippen LogP contribution in [-0.2, 0) is 11.2 Å². The van der Waals surface area contributed by atoms with Crippen LogP contribution in [-0.4, -0.2) is 25.0 Å². The number of anilines is 1. The van der Waals surface area contributed by atoms with E-state index in [4.69, 9.17) is 5.73 Å². The lowest BCUT2D eigenvalue weighted by molar-refractivity contribution is -0.117. The second-order valence-corrected chi connectivity index (χ2v) is 4.13. The molecule has 1 aromatic carbocycles. The number of amides is 1. The van der Waals surface area contributed by atoms with Crippen molar-refractivity contribution in [3.8, 4) is 0 Å². The molecule has 1 aromatic rings. The Morgan fingerprint density at radius 2 is 2.31 bits per heavy atom. The third kappa shape index (κ3) is 2.73. The summed E-state index contributed by atoms with van der Waals surface area (Å²) in [5.74, 6) is -0.293. The van der Waals surface area contributed by atoms with E-state index in [9.17, 15) is 4.79 Å². The van der Waals surface area contributed by atoms with Crippen LogP contribution >= 0.6 is 0 Å². The molecule has 0 bridgehead atoms. The topological polar surface area (TPSA) is 67.2 Å². The molecule has 4 N–H and O–H groups in total. The van der Waals surface area contributed by atoms with E-state index < -0.39 is 0 Å². The minimum absolute atomic E-state index is 0.293. The Morgan fingerprint density at radius 3 is 3.00 bits per heavy atom. The van der Waals surface area contributed by atoms with E-state index in [2.05, 4.69) is 10.6 Å². The number of nitrogens with one attached hydrogen (secondary N) is 2. The van der Waals surface area contributed by atoms with E-state index >= 15 is 0 Å². The molecule has 86 valence electrons. The van der Waals surface area contributed by atoms with Gasteiger partial charge in [0.2, 0.25) is 5.91 Å². The maximum atomic E-state index is 10.9. The van der Waals surface area contributed by atoms with E-state index in [0.29, 0.717) is 12.5 Å². The van der Waals surface area contributed by atoms with Gasteiger partial charge in [0.05, 0.1) is 6.42 Å². The fourth-order valence-corrected chi connectivity index (χ4v) is 2.00. The molecule has 0 radical (unpaired) electrons. The molecule has 1 aliphatic rings. The predicted octanol–water partition coefficient (Wildman–Crippen LogP) is 0.488. The van der Waals surface area contributed by atoms with Crippen molar-refractivity contribution >= 4 is 11.6 Å². The first kappa shape index (κ1) is 11.0. The number of carbonyl (C=O) groups is 1. The molecule has 0 aromatic heterocycles. The minimum Gasteiger partial charge on any atom is -0.381 e. The molecule has 1 aliphatic heterocycles. The zero-order chi connectivity index (χ0) is 11.4. The lowest BCUT2D eigenvalue weighted by atomic mass is 10.1. The van der Waals surface area contributed by atoms with E-state index in [0.717, 1.165) is 30.8 Å². The van der Waals surface area contributed by atoms with Crippen molar-refractivity contribution < 1.29 is 4.79 Å². The molecule has 2 rings (SSSR count). The summed E-state index contributed by atoms with van der Waals surface area (Å²) in [5.41, 5.74) is 7.22. The number of para-hydroxylation sites is 1. The van der Waals surface area contributed by atoms with E-state index in [-0.39, 0.29) is 5.91 Å².